The lowest BCUT2D eigenvalue weighted by Gasteiger charge is -2.29. The Morgan fingerprint density at radius 3 is 1.38 bits per heavy atom. The summed E-state index contributed by atoms with van der Waals surface area (Å²) in [6.45, 7) is 0. The number of nitrogens with zero attached hydrogens (tertiary/aromatic N) is 2. The second-order valence-corrected chi connectivity index (χ2v) is 15.9. The van der Waals surface area contributed by atoms with E-state index in [9.17, 15) is 0 Å². The van der Waals surface area contributed by atoms with Crippen LogP contribution in [0.1, 0.15) is 0 Å². The lowest BCUT2D eigenvalue weighted by molar-refractivity contribution is 0.630. The van der Waals surface area contributed by atoms with E-state index in [1.54, 1.807) is 6.07 Å². The highest BCUT2D eigenvalue weighted by molar-refractivity contribution is 6.24. The van der Waals surface area contributed by atoms with Crippen LogP contribution in [0.3, 0.4) is 0 Å². The molecular formula is C58H37FN2. The van der Waals surface area contributed by atoms with Gasteiger partial charge in [0.25, 0.3) is 0 Å². The molecule has 61 heavy (non-hydrogen) atoms. The zero-order valence-electron chi connectivity index (χ0n) is 33.1. The van der Waals surface area contributed by atoms with Crippen molar-refractivity contribution in [3.8, 4) is 39.1 Å². The third-order valence-corrected chi connectivity index (χ3v) is 12.3. The first-order valence-electron chi connectivity index (χ1n) is 20.8. The number of anilines is 3. The summed E-state index contributed by atoms with van der Waals surface area (Å²) in [5.41, 5.74) is 11.8. The van der Waals surface area contributed by atoms with Crippen molar-refractivity contribution < 1.29 is 4.39 Å². The van der Waals surface area contributed by atoms with Gasteiger partial charge in [0.1, 0.15) is 5.82 Å². The normalized spacial score (nSPS) is 11.7. The molecule has 11 aromatic carbocycles. The van der Waals surface area contributed by atoms with Gasteiger partial charge in [-0.15, -0.1) is 0 Å². The molecule has 2 nitrogen and oxygen atoms in total. The Morgan fingerprint density at radius 1 is 0.344 bits per heavy atom. The maximum Gasteiger partial charge on any atom is 0.148 e. The van der Waals surface area contributed by atoms with Gasteiger partial charge in [0.2, 0.25) is 0 Å². The van der Waals surface area contributed by atoms with E-state index in [0.29, 0.717) is 5.69 Å². The van der Waals surface area contributed by atoms with Crippen LogP contribution in [0.5, 0.6) is 0 Å². The van der Waals surface area contributed by atoms with Crippen molar-refractivity contribution in [1.29, 1.82) is 0 Å². The summed E-state index contributed by atoms with van der Waals surface area (Å²) in [5, 5.41) is 9.57. The monoisotopic (exact) mass is 780 g/mol. The van der Waals surface area contributed by atoms with E-state index in [-0.39, 0.29) is 5.82 Å². The molecule has 1 aromatic heterocycles. The maximum absolute atomic E-state index is 17.2. The fraction of sp³-hybridized carbons (Fsp3) is 0. The Balaban J connectivity index is 0.982. The third-order valence-electron chi connectivity index (χ3n) is 12.3. The van der Waals surface area contributed by atoms with Gasteiger partial charge < -0.3 is 9.47 Å². The molecule has 12 rings (SSSR count). The Morgan fingerprint density at radius 2 is 0.803 bits per heavy atom. The molecule has 0 radical (unpaired) electrons. The summed E-state index contributed by atoms with van der Waals surface area (Å²) < 4.78 is 19.5. The molecule has 0 fully saturated rings. The molecule has 0 unspecified atom stereocenters. The molecule has 1 heterocycles. The summed E-state index contributed by atoms with van der Waals surface area (Å²) in [5.74, 6) is -0.287. The van der Waals surface area contributed by atoms with Crippen LogP contribution in [0.25, 0.3) is 93.2 Å². The van der Waals surface area contributed by atoms with Gasteiger partial charge in [-0.1, -0.05) is 152 Å². The van der Waals surface area contributed by atoms with Crippen LogP contribution in [0.2, 0.25) is 0 Å². The molecule has 286 valence electrons. The quantitative estimate of drug-likeness (QED) is 0.146. The van der Waals surface area contributed by atoms with Crippen molar-refractivity contribution in [2.24, 2.45) is 0 Å². The summed E-state index contributed by atoms with van der Waals surface area (Å²) in [7, 11) is 0. The van der Waals surface area contributed by atoms with Crippen molar-refractivity contribution >= 4 is 71.2 Å². The smallest absolute Gasteiger partial charge is 0.148 e. The van der Waals surface area contributed by atoms with Crippen LogP contribution in [0, 0.1) is 5.82 Å². The predicted molar refractivity (Wildman–Crippen MR) is 255 cm³/mol. The van der Waals surface area contributed by atoms with Gasteiger partial charge >= 0.3 is 0 Å². The van der Waals surface area contributed by atoms with Gasteiger partial charge in [-0.05, 0) is 133 Å². The molecule has 0 saturated carbocycles. The number of hydrogen-bond acceptors (Lipinski definition) is 1. The first-order chi connectivity index (χ1) is 30.2. The second kappa shape index (κ2) is 14.1. The number of aromatic nitrogens is 1. The Labute approximate surface area is 353 Å². The summed E-state index contributed by atoms with van der Waals surface area (Å²) >= 11 is 0. The predicted octanol–water partition coefficient (Wildman–Crippen LogP) is 16.3. The average Bonchev–Trinajstić information content (AvgIpc) is 3.66. The summed E-state index contributed by atoms with van der Waals surface area (Å²) in [6, 6.07) is 78.3. The first-order valence-corrected chi connectivity index (χ1v) is 20.8. The highest BCUT2D eigenvalue weighted by Crippen LogP contribution is 2.47. The molecule has 0 aliphatic heterocycles. The lowest BCUT2D eigenvalue weighted by atomic mass is 9.90. The largest absolute Gasteiger partial charge is 0.309 e. The molecule has 0 bridgehead atoms. The van der Waals surface area contributed by atoms with E-state index in [1.807, 2.05) is 66.7 Å². The van der Waals surface area contributed by atoms with Gasteiger partial charge in [0.15, 0.2) is 0 Å². The van der Waals surface area contributed by atoms with Gasteiger partial charge in [0.05, 0.1) is 16.7 Å². The van der Waals surface area contributed by atoms with Crippen molar-refractivity contribution in [2.75, 3.05) is 4.90 Å². The molecule has 0 amide bonds. The number of fused-ring (bicyclic) bond motifs is 3. The van der Waals surface area contributed by atoms with Crippen LogP contribution < -0.4 is 4.90 Å². The second-order valence-electron chi connectivity index (χ2n) is 15.9. The molecule has 0 atom stereocenters. The zero-order chi connectivity index (χ0) is 40.4. The molecule has 0 N–H and O–H groups in total. The fourth-order valence-electron chi connectivity index (χ4n) is 9.57. The van der Waals surface area contributed by atoms with Crippen molar-refractivity contribution in [3.05, 3.63) is 230 Å². The first kappa shape index (κ1) is 35.0. The van der Waals surface area contributed by atoms with Crippen LogP contribution in [0.15, 0.2) is 224 Å². The number of hydrogen-bond donors (Lipinski definition) is 0. The van der Waals surface area contributed by atoms with Crippen molar-refractivity contribution in [3.63, 3.8) is 0 Å². The molecule has 0 spiro atoms. The van der Waals surface area contributed by atoms with Crippen LogP contribution in [-0.4, -0.2) is 4.57 Å². The molecule has 12 aromatic rings. The van der Waals surface area contributed by atoms with Gasteiger partial charge in [-0.3, -0.25) is 0 Å². The Bertz CT molecular complexity index is 3450. The molecule has 3 heteroatoms. The van der Waals surface area contributed by atoms with Crippen molar-refractivity contribution in [1.82, 2.24) is 4.57 Å². The molecular weight excluding hydrogens is 744 g/mol. The lowest BCUT2D eigenvalue weighted by Crippen LogP contribution is -2.13. The third kappa shape index (κ3) is 5.78. The topological polar surface area (TPSA) is 8.17 Å². The number of para-hydroxylation sites is 3. The minimum absolute atomic E-state index is 0.287. The fourth-order valence-corrected chi connectivity index (χ4v) is 9.57. The Kier molecular flexibility index (Phi) is 8.07. The molecule has 0 aliphatic carbocycles. The van der Waals surface area contributed by atoms with E-state index in [2.05, 4.69) is 161 Å². The average molecular weight is 781 g/mol. The minimum Gasteiger partial charge on any atom is -0.309 e. The van der Waals surface area contributed by atoms with Crippen LogP contribution >= 0.6 is 0 Å². The van der Waals surface area contributed by atoms with Gasteiger partial charge in [-0.25, -0.2) is 4.39 Å². The summed E-state index contributed by atoms with van der Waals surface area (Å²) in [6.07, 6.45) is 0. The van der Waals surface area contributed by atoms with E-state index in [4.69, 9.17) is 0 Å². The molecule has 0 saturated heterocycles. The van der Waals surface area contributed by atoms with E-state index in [1.165, 1.54) is 54.5 Å². The highest BCUT2D eigenvalue weighted by atomic mass is 19.1. The van der Waals surface area contributed by atoms with Gasteiger partial charge in [-0.2, -0.15) is 0 Å². The standard InChI is InChI=1S/C58H37FN2/c59-53-37-46(38-14-4-1-5-15-38)36-52(40-16-6-2-7-17-40)58(53)60(47-18-8-3-9-19-47)49-34-43-26-24-41-32-45(33-42-25-27-44(35-49)57(43)56(41)42)39-28-30-48(31-29-39)61-54-22-12-10-20-50(54)51-21-11-13-23-55(51)61/h1-37H. The van der Waals surface area contributed by atoms with Crippen LogP contribution in [-0.2, 0) is 0 Å². The SMILES string of the molecule is Fc1cc(-c2ccccc2)cc(-c2ccccc2)c1N(c1ccccc1)c1cc2ccc3cc(-c4ccc(-n5c6ccccc6c6ccccc65)cc4)cc4ccc(c1)c2c34. The molecule has 0 aliphatic rings. The van der Waals surface area contributed by atoms with E-state index < -0.39 is 0 Å². The van der Waals surface area contributed by atoms with E-state index in [0.717, 1.165) is 50.1 Å². The van der Waals surface area contributed by atoms with Crippen molar-refractivity contribution in [2.45, 2.75) is 0 Å². The number of rotatable bonds is 7. The number of benzene rings is 11. The van der Waals surface area contributed by atoms with Gasteiger partial charge in [0, 0.05) is 33.4 Å². The summed E-state index contributed by atoms with van der Waals surface area (Å²) in [4.78, 5) is 2.09. The van der Waals surface area contributed by atoms with E-state index >= 15 is 4.39 Å². The minimum atomic E-state index is -0.287. The van der Waals surface area contributed by atoms with Crippen LogP contribution in [0.4, 0.5) is 21.5 Å². The number of halogens is 1. The maximum atomic E-state index is 17.2. The highest BCUT2D eigenvalue weighted by Gasteiger charge is 2.24. The Hall–Kier alpha value is -8.01. The zero-order valence-corrected chi connectivity index (χ0v) is 33.1.